The third-order valence-electron chi connectivity index (χ3n) is 4.64. The van der Waals surface area contributed by atoms with Gasteiger partial charge in [-0.1, -0.05) is 6.92 Å². The van der Waals surface area contributed by atoms with E-state index < -0.39 is 0 Å². The molecule has 1 amide bonds. The van der Waals surface area contributed by atoms with Crippen LogP contribution in [0.1, 0.15) is 55.2 Å². The fourth-order valence-electron chi connectivity index (χ4n) is 2.91. The van der Waals surface area contributed by atoms with E-state index in [1.165, 1.54) is 0 Å². The van der Waals surface area contributed by atoms with E-state index in [0.717, 1.165) is 37.9 Å². The third kappa shape index (κ3) is 5.94. The molecule has 1 saturated heterocycles. The average Bonchev–Trinajstić information content (AvgIpc) is 3.17. The van der Waals surface area contributed by atoms with Crippen molar-refractivity contribution in [3.63, 3.8) is 0 Å². The number of piperidine rings is 1. The molecule has 2 aromatic rings. The number of pyridine rings is 1. The molecule has 2 aromatic heterocycles. The maximum atomic E-state index is 12.4. The molecule has 0 bridgehead atoms. The first-order chi connectivity index (χ1) is 12.7. The summed E-state index contributed by atoms with van der Waals surface area (Å²) in [5.74, 6) is 0.411. The van der Waals surface area contributed by atoms with Crippen molar-refractivity contribution in [2.75, 3.05) is 13.1 Å². The Balaban J connectivity index is 0.00000261. The summed E-state index contributed by atoms with van der Waals surface area (Å²) in [5.41, 5.74) is 1.39. The van der Waals surface area contributed by atoms with Gasteiger partial charge >= 0.3 is 0 Å². The van der Waals surface area contributed by atoms with Gasteiger partial charge in [-0.3, -0.25) is 9.48 Å². The van der Waals surface area contributed by atoms with E-state index in [4.69, 9.17) is 4.74 Å². The smallest absolute Gasteiger partial charge is 0.272 e. The van der Waals surface area contributed by atoms with Gasteiger partial charge in [0.1, 0.15) is 5.69 Å². The van der Waals surface area contributed by atoms with E-state index in [-0.39, 0.29) is 24.4 Å². The predicted octanol–water partition coefficient (Wildman–Crippen LogP) is 2.73. The Bertz CT molecular complexity index is 730. The van der Waals surface area contributed by atoms with E-state index in [1.54, 1.807) is 12.3 Å². The SMILES string of the molecule is CCC(C)Oc1cc(CNC(=O)c2ccn(C3CCCNC3)n2)ccn1.Cl. The summed E-state index contributed by atoms with van der Waals surface area (Å²) in [6.07, 6.45) is 6.84. The van der Waals surface area contributed by atoms with Crippen LogP contribution in [0.5, 0.6) is 5.88 Å². The fraction of sp³-hybridized carbons (Fsp3) is 0.526. The number of hydrogen-bond donors (Lipinski definition) is 2. The lowest BCUT2D eigenvalue weighted by Gasteiger charge is -2.22. The minimum Gasteiger partial charge on any atom is -0.475 e. The van der Waals surface area contributed by atoms with Gasteiger partial charge in [0.05, 0.1) is 12.1 Å². The van der Waals surface area contributed by atoms with Crippen LogP contribution < -0.4 is 15.4 Å². The van der Waals surface area contributed by atoms with Gasteiger partial charge in [-0.05, 0) is 50.4 Å². The molecule has 1 aliphatic rings. The van der Waals surface area contributed by atoms with Crippen molar-refractivity contribution in [2.24, 2.45) is 0 Å². The van der Waals surface area contributed by atoms with Gasteiger partial charge in [0.25, 0.3) is 5.91 Å². The van der Waals surface area contributed by atoms with Gasteiger partial charge < -0.3 is 15.4 Å². The summed E-state index contributed by atoms with van der Waals surface area (Å²) >= 11 is 0. The summed E-state index contributed by atoms with van der Waals surface area (Å²) < 4.78 is 7.62. The first-order valence-electron chi connectivity index (χ1n) is 9.31. The summed E-state index contributed by atoms with van der Waals surface area (Å²) in [5, 5.41) is 10.7. The number of nitrogens with zero attached hydrogens (tertiary/aromatic N) is 3. The number of nitrogens with one attached hydrogen (secondary N) is 2. The Morgan fingerprint density at radius 2 is 2.33 bits per heavy atom. The zero-order chi connectivity index (χ0) is 18.4. The van der Waals surface area contributed by atoms with Crippen LogP contribution in [0.15, 0.2) is 30.6 Å². The summed E-state index contributed by atoms with van der Waals surface area (Å²) in [7, 11) is 0. The van der Waals surface area contributed by atoms with Crippen molar-refractivity contribution in [3.8, 4) is 5.88 Å². The summed E-state index contributed by atoms with van der Waals surface area (Å²) in [6.45, 7) is 6.44. The topological polar surface area (TPSA) is 81.1 Å². The van der Waals surface area contributed by atoms with Crippen molar-refractivity contribution in [1.29, 1.82) is 0 Å². The highest BCUT2D eigenvalue weighted by atomic mass is 35.5. The minimum atomic E-state index is -0.172. The van der Waals surface area contributed by atoms with Crippen molar-refractivity contribution in [2.45, 2.75) is 51.8 Å². The lowest BCUT2D eigenvalue weighted by atomic mass is 10.1. The average molecular weight is 394 g/mol. The third-order valence-corrected chi connectivity index (χ3v) is 4.64. The van der Waals surface area contributed by atoms with Gasteiger partial charge in [0.15, 0.2) is 0 Å². The lowest BCUT2D eigenvalue weighted by molar-refractivity contribution is 0.0944. The zero-order valence-corrected chi connectivity index (χ0v) is 16.7. The van der Waals surface area contributed by atoms with Crippen molar-refractivity contribution < 1.29 is 9.53 Å². The minimum absolute atomic E-state index is 0. The van der Waals surface area contributed by atoms with Crippen LogP contribution in [0.3, 0.4) is 0 Å². The van der Waals surface area contributed by atoms with Crippen molar-refractivity contribution in [1.82, 2.24) is 25.4 Å². The first kappa shape index (κ1) is 21.2. The summed E-state index contributed by atoms with van der Waals surface area (Å²) in [4.78, 5) is 16.6. The van der Waals surface area contributed by atoms with E-state index in [9.17, 15) is 4.79 Å². The van der Waals surface area contributed by atoms with E-state index in [1.807, 2.05) is 29.9 Å². The molecule has 0 aromatic carbocycles. The number of amides is 1. The monoisotopic (exact) mass is 393 g/mol. The molecule has 0 saturated carbocycles. The Morgan fingerprint density at radius 3 is 3.07 bits per heavy atom. The molecule has 7 nitrogen and oxygen atoms in total. The molecule has 1 aliphatic heterocycles. The lowest BCUT2D eigenvalue weighted by Crippen LogP contribution is -2.32. The molecule has 1 fully saturated rings. The Morgan fingerprint density at radius 1 is 1.48 bits per heavy atom. The van der Waals surface area contributed by atoms with Crippen LogP contribution >= 0.6 is 12.4 Å². The molecule has 2 N–H and O–H groups in total. The van der Waals surface area contributed by atoms with Crippen LogP contribution in [0.4, 0.5) is 0 Å². The molecular formula is C19H28ClN5O2. The molecule has 3 rings (SSSR count). The normalized spacial score (nSPS) is 17.6. The second-order valence-electron chi connectivity index (χ2n) is 6.70. The predicted molar refractivity (Wildman–Crippen MR) is 106 cm³/mol. The largest absolute Gasteiger partial charge is 0.475 e. The molecule has 2 unspecified atom stereocenters. The van der Waals surface area contributed by atoms with Crippen LogP contribution in [-0.4, -0.2) is 39.9 Å². The maximum absolute atomic E-state index is 12.4. The maximum Gasteiger partial charge on any atom is 0.272 e. The second-order valence-corrected chi connectivity index (χ2v) is 6.70. The molecule has 8 heteroatoms. The number of carbonyl (C=O) groups is 1. The Labute approximate surface area is 166 Å². The Kier molecular flexibility index (Phi) is 8.06. The first-order valence-corrected chi connectivity index (χ1v) is 9.31. The van der Waals surface area contributed by atoms with E-state index in [2.05, 4.69) is 27.6 Å². The Hall–Kier alpha value is -2.12. The highest BCUT2D eigenvalue weighted by Crippen LogP contribution is 2.16. The highest BCUT2D eigenvalue weighted by Gasteiger charge is 2.17. The molecule has 0 spiro atoms. The van der Waals surface area contributed by atoms with E-state index in [0.29, 0.717) is 24.2 Å². The second kappa shape index (κ2) is 10.3. The molecule has 0 aliphatic carbocycles. The number of carbonyl (C=O) groups excluding carboxylic acids is 1. The van der Waals surface area contributed by atoms with Crippen LogP contribution in [-0.2, 0) is 6.54 Å². The van der Waals surface area contributed by atoms with E-state index >= 15 is 0 Å². The van der Waals surface area contributed by atoms with Gasteiger partial charge in [0.2, 0.25) is 5.88 Å². The highest BCUT2D eigenvalue weighted by molar-refractivity contribution is 5.92. The number of hydrogen-bond acceptors (Lipinski definition) is 5. The molecular weight excluding hydrogens is 366 g/mol. The fourth-order valence-corrected chi connectivity index (χ4v) is 2.91. The molecule has 2 atom stereocenters. The van der Waals surface area contributed by atoms with Crippen molar-refractivity contribution >= 4 is 18.3 Å². The van der Waals surface area contributed by atoms with Crippen LogP contribution in [0.25, 0.3) is 0 Å². The molecule has 27 heavy (non-hydrogen) atoms. The van der Waals surface area contributed by atoms with Gasteiger partial charge in [-0.15, -0.1) is 12.4 Å². The number of aromatic nitrogens is 3. The van der Waals surface area contributed by atoms with Gasteiger partial charge in [0, 0.05) is 31.5 Å². The molecule has 3 heterocycles. The quantitative estimate of drug-likeness (QED) is 0.755. The van der Waals surface area contributed by atoms with Gasteiger partial charge in [-0.25, -0.2) is 4.98 Å². The van der Waals surface area contributed by atoms with Gasteiger partial charge in [-0.2, -0.15) is 5.10 Å². The van der Waals surface area contributed by atoms with Crippen LogP contribution in [0, 0.1) is 0 Å². The molecule has 148 valence electrons. The molecule has 0 radical (unpaired) electrons. The van der Waals surface area contributed by atoms with Crippen molar-refractivity contribution in [3.05, 3.63) is 41.9 Å². The number of rotatable bonds is 7. The van der Waals surface area contributed by atoms with Crippen LogP contribution in [0.2, 0.25) is 0 Å². The number of ether oxygens (including phenoxy) is 1. The number of halogens is 1. The summed E-state index contributed by atoms with van der Waals surface area (Å²) in [6, 6.07) is 5.83. The standard InChI is InChI=1S/C19H27N5O2.ClH/c1-3-14(2)26-18-11-15(6-9-21-18)12-22-19(25)17-7-10-24(23-17)16-5-4-8-20-13-16;/h6-7,9-11,14,16,20H,3-5,8,12-13H2,1-2H3,(H,22,25);1H. The zero-order valence-electron chi connectivity index (χ0n) is 15.9.